The minimum Gasteiger partial charge on any atom is -0.305 e. The molecule has 0 spiro atoms. The van der Waals surface area contributed by atoms with Gasteiger partial charge in [0.05, 0.1) is 15.6 Å². The van der Waals surface area contributed by atoms with Crippen LogP contribution in [-0.2, 0) is 16.4 Å². The topological polar surface area (TPSA) is 66.5 Å². The van der Waals surface area contributed by atoms with E-state index < -0.39 is 10.0 Å². The summed E-state index contributed by atoms with van der Waals surface area (Å²) in [5.41, 5.74) is 2.66. The molecular formula is C22H19ClN2O3S. The van der Waals surface area contributed by atoms with E-state index >= 15 is 0 Å². The Hall–Kier alpha value is -2.83. The molecule has 1 atom stereocenters. The highest BCUT2D eigenvalue weighted by molar-refractivity contribution is 7.92. The number of benzene rings is 3. The molecule has 4 rings (SSSR count). The van der Waals surface area contributed by atoms with Crippen molar-refractivity contribution < 1.29 is 13.2 Å². The third kappa shape index (κ3) is 3.73. The Balaban J connectivity index is 1.60. The fourth-order valence-electron chi connectivity index (χ4n) is 3.55. The van der Waals surface area contributed by atoms with Gasteiger partial charge < -0.3 is 4.90 Å². The van der Waals surface area contributed by atoms with E-state index in [4.69, 9.17) is 11.6 Å². The Labute approximate surface area is 175 Å². The van der Waals surface area contributed by atoms with Crippen LogP contribution in [0, 0.1) is 0 Å². The first-order chi connectivity index (χ1) is 13.9. The fourth-order valence-corrected chi connectivity index (χ4v) is 4.93. The van der Waals surface area contributed by atoms with Crippen LogP contribution >= 0.6 is 11.6 Å². The van der Waals surface area contributed by atoms with Gasteiger partial charge in [0.1, 0.15) is 0 Å². The average molecular weight is 427 g/mol. The summed E-state index contributed by atoms with van der Waals surface area (Å²) in [6, 6.07) is 20.5. The van der Waals surface area contributed by atoms with Gasteiger partial charge in [-0.2, -0.15) is 0 Å². The largest absolute Gasteiger partial charge is 0.305 e. The first-order valence-electron chi connectivity index (χ1n) is 9.16. The van der Waals surface area contributed by atoms with Crippen molar-refractivity contribution in [2.75, 3.05) is 9.62 Å². The van der Waals surface area contributed by atoms with Gasteiger partial charge in [0, 0.05) is 17.3 Å². The van der Waals surface area contributed by atoms with E-state index in [2.05, 4.69) is 4.72 Å². The number of amides is 1. The van der Waals surface area contributed by atoms with E-state index in [1.165, 1.54) is 24.3 Å². The summed E-state index contributed by atoms with van der Waals surface area (Å²) < 4.78 is 27.5. The normalized spacial score (nSPS) is 15.8. The van der Waals surface area contributed by atoms with Gasteiger partial charge in [-0.15, -0.1) is 0 Å². The monoisotopic (exact) mass is 426 g/mol. The van der Waals surface area contributed by atoms with E-state index in [0.717, 1.165) is 17.7 Å². The Bertz CT molecular complexity index is 1180. The van der Waals surface area contributed by atoms with E-state index in [9.17, 15) is 13.2 Å². The summed E-state index contributed by atoms with van der Waals surface area (Å²) in [5, 5.41) is 0.162. The molecule has 148 valence electrons. The number of nitrogens with zero attached hydrogens (tertiary/aromatic N) is 1. The van der Waals surface area contributed by atoms with Crippen LogP contribution in [0.1, 0.15) is 22.8 Å². The summed E-state index contributed by atoms with van der Waals surface area (Å²) in [7, 11) is -3.76. The van der Waals surface area contributed by atoms with Gasteiger partial charge in [-0.3, -0.25) is 9.52 Å². The van der Waals surface area contributed by atoms with Gasteiger partial charge in [-0.25, -0.2) is 8.42 Å². The average Bonchev–Trinajstić information content (AvgIpc) is 3.05. The van der Waals surface area contributed by atoms with E-state index in [-0.39, 0.29) is 27.6 Å². The number of rotatable bonds is 4. The lowest BCUT2D eigenvalue weighted by Gasteiger charge is -2.23. The lowest BCUT2D eigenvalue weighted by Crippen LogP contribution is -2.35. The van der Waals surface area contributed by atoms with Crippen molar-refractivity contribution in [3.8, 4) is 0 Å². The molecule has 0 aliphatic carbocycles. The number of nitrogens with one attached hydrogen (secondary N) is 1. The molecule has 29 heavy (non-hydrogen) atoms. The van der Waals surface area contributed by atoms with E-state index in [1.54, 1.807) is 29.2 Å². The summed E-state index contributed by atoms with van der Waals surface area (Å²) in [6.07, 6.45) is 0.796. The molecule has 0 saturated heterocycles. The summed E-state index contributed by atoms with van der Waals surface area (Å²) in [6.45, 7) is 2.00. The van der Waals surface area contributed by atoms with Gasteiger partial charge in [-0.1, -0.05) is 48.0 Å². The lowest BCUT2D eigenvalue weighted by molar-refractivity contribution is 0.0981. The number of carbonyl (C=O) groups is 1. The fraction of sp³-hybridized carbons (Fsp3) is 0.136. The number of carbonyl (C=O) groups excluding carboxylic acids is 1. The highest BCUT2D eigenvalue weighted by Gasteiger charge is 2.31. The summed E-state index contributed by atoms with van der Waals surface area (Å²) in [5.74, 6) is -0.165. The van der Waals surface area contributed by atoms with Crippen molar-refractivity contribution in [3.63, 3.8) is 0 Å². The van der Waals surface area contributed by atoms with Crippen LogP contribution in [0.5, 0.6) is 0 Å². The smallest absolute Gasteiger partial charge is 0.261 e. The Morgan fingerprint density at radius 3 is 2.45 bits per heavy atom. The Morgan fingerprint density at radius 1 is 1.03 bits per heavy atom. The van der Waals surface area contributed by atoms with Gasteiger partial charge in [-0.05, 0) is 55.3 Å². The zero-order valence-electron chi connectivity index (χ0n) is 15.7. The van der Waals surface area contributed by atoms with Crippen molar-refractivity contribution in [1.82, 2.24) is 0 Å². The van der Waals surface area contributed by atoms with Crippen LogP contribution in [0.15, 0.2) is 77.7 Å². The molecule has 0 bridgehead atoms. The van der Waals surface area contributed by atoms with Gasteiger partial charge in [0.25, 0.3) is 15.9 Å². The predicted molar refractivity (Wildman–Crippen MR) is 115 cm³/mol. The highest BCUT2D eigenvalue weighted by atomic mass is 35.5. The number of para-hydroxylation sites is 1. The third-order valence-corrected chi connectivity index (χ3v) is 6.63. The molecule has 1 N–H and O–H groups in total. The molecule has 5 nitrogen and oxygen atoms in total. The molecule has 1 heterocycles. The molecule has 0 radical (unpaired) electrons. The maximum atomic E-state index is 13.1. The molecule has 3 aromatic carbocycles. The Kier molecular flexibility index (Phi) is 5.06. The minimum atomic E-state index is -3.76. The molecular weight excluding hydrogens is 408 g/mol. The SMILES string of the molecule is CC1Cc2ccccc2N1C(=O)c1ccc(NS(=O)(=O)c2ccccc2)c(Cl)c1. The second-order valence-electron chi connectivity index (χ2n) is 6.97. The molecule has 1 unspecified atom stereocenters. The molecule has 1 amide bonds. The van der Waals surface area contributed by atoms with Crippen molar-refractivity contribution in [3.05, 3.63) is 88.9 Å². The molecule has 1 aliphatic heterocycles. The highest BCUT2D eigenvalue weighted by Crippen LogP contribution is 2.34. The quantitative estimate of drug-likeness (QED) is 0.655. The number of halogens is 1. The minimum absolute atomic E-state index is 0.0370. The van der Waals surface area contributed by atoms with Gasteiger partial charge >= 0.3 is 0 Å². The Morgan fingerprint density at radius 2 is 1.72 bits per heavy atom. The first-order valence-corrected chi connectivity index (χ1v) is 11.0. The predicted octanol–water partition coefficient (Wildman–Crippen LogP) is 4.73. The van der Waals surface area contributed by atoms with Crippen LogP contribution in [0.3, 0.4) is 0 Å². The maximum Gasteiger partial charge on any atom is 0.261 e. The summed E-state index contributed by atoms with van der Waals surface area (Å²) >= 11 is 6.31. The number of anilines is 2. The van der Waals surface area contributed by atoms with E-state index in [1.807, 2.05) is 31.2 Å². The first kappa shape index (κ1) is 19.5. The molecule has 0 fully saturated rings. The standard InChI is InChI=1S/C22H19ClN2O3S/c1-15-13-16-7-5-6-10-21(16)25(15)22(26)17-11-12-20(19(23)14-17)24-29(27,28)18-8-3-2-4-9-18/h2-12,14-15,24H,13H2,1H3. The van der Waals surface area contributed by atoms with Crippen LogP contribution < -0.4 is 9.62 Å². The molecule has 3 aromatic rings. The van der Waals surface area contributed by atoms with Crippen LogP contribution in [0.2, 0.25) is 5.02 Å². The third-order valence-electron chi connectivity index (χ3n) is 4.94. The number of fused-ring (bicyclic) bond motifs is 1. The van der Waals surface area contributed by atoms with Crippen molar-refractivity contribution in [1.29, 1.82) is 0 Å². The number of hydrogen-bond acceptors (Lipinski definition) is 3. The molecule has 0 saturated carbocycles. The van der Waals surface area contributed by atoms with Crippen molar-refractivity contribution in [2.24, 2.45) is 0 Å². The molecule has 0 aromatic heterocycles. The molecule has 7 heteroatoms. The van der Waals surface area contributed by atoms with E-state index in [0.29, 0.717) is 5.56 Å². The summed E-state index contributed by atoms with van der Waals surface area (Å²) in [4.78, 5) is 15.0. The molecule has 1 aliphatic rings. The number of hydrogen-bond donors (Lipinski definition) is 1. The second kappa shape index (κ2) is 7.54. The second-order valence-corrected chi connectivity index (χ2v) is 9.06. The van der Waals surface area contributed by atoms with Gasteiger partial charge in [0.2, 0.25) is 0 Å². The van der Waals surface area contributed by atoms with Crippen molar-refractivity contribution in [2.45, 2.75) is 24.3 Å². The zero-order valence-corrected chi connectivity index (χ0v) is 17.2. The van der Waals surface area contributed by atoms with Gasteiger partial charge in [0.15, 0.2) is 0 Å². The van der Waals surface area contributed by atoms with Crippen LogP contribution in [0.4, 0.5) is 11.4 Å². The van der Waals surface area contributed by atoms with Crippen molar-refractivity contribution >= 4 is 38.9 Å². The maximum absolute atomic E-state index is 13.1. The zero-order chi connectivity index (χ0) is 20.6. The van der Waals surface area contributed by atoms with Crippen LogP contribution in [-0.4, -0.2) is 20.4 Å². The lowest BCUT2D eigenvalue weighted by atomic mass is 10.1. The van der Waals surface area contributed by atoms with Crippen LogP contribution in [0.25, 0.3) is 0 Å². The number of sulfonamides is 1.